The third kappa shape index (κ3) is 3.30. The van der Waals surface area contributed by atoms with Crippen molar-refractivity contribution in [2.24, 2.45) is 0 Å². The Morgan fingerprint density at radius 3 is 2.15 bits per heavy atom. The Labute approximate surface area is 96.7 Å². The number of aliphatic carboxylic acids is 1. The summed E-state index contributed by atoms with van der Waals surface area (Å²) in [6.07, 6.45) is 1.90. The van der Waals surface area contributed by atoms with Crippen LogP contribution < -0.4 is 34.7 Å². The van der Waals surface area contributed by atoms with E-state index in [0.717, 1.165) is 17.1 Å². The maximum atomic E-state index is 10.8. The van der Waals surface area contributed by atoms with Gasteiger partial charge in [0.15, 0.2) is 0 Å². The second-order valence-corrected chi connectivity index (χ2v) is 2.28. The van der Waals surface area contributed by atoms with Crippen molar-refractivity contribution in [2.75, 3.05) is 6.54 Å². The first kappa shape index (κ1) is 12.3. The molecule has 0 spiro atoms. The maximum Gasteiger partial charge on any atom is 1.00 e. The van der Waals surface area contributed by atoms with Crippen molar-refractivity contribution in [3.05, 3.63) is 12.2 Å². The van der Waals surface area contributed by atoms with Gasteiger partial charge in [0.05, 0.1) is 0 Å². The molecule has 0 aliphatic carbocycles. The maximum absolute atomic E-state index is 10.8. The second-order valence-electron chi connectivity index (χ2n) is 2.28. The molecule has 0 atom stereocenters. The molecule has 6 heteroatoms. The van der Waals surface area contributed by atoms with Gasteiger partial charge in [-0.3, -0.25) is 14.5 Å². The van der Waals surface area contributed by atoms with Crippen molar-refractivity contribution in [2.45, 2.75) is 6.42 Å². The van der Waals surface area contributed by atoms with Crippen LogP contribution in [0.4, 0.5) is 0 Å². The van der Waals surface area contributed by atoms with E-state index in [1.54, 1.807) is 0 Å². The van der Waals surface area contributed by atoms with Crippen LogP contribution in [0.2, 0.25) is 0 Å². The summed E-state index contributed by atoms with van der Waals surface area (Å²) in [7, 11) is 0. The predicted octanol–water partition coefficient (Wildman–Crippen LogP) is -4.94. The van der Waals surface area contributed by atoms with E-state index in [1.807, 2.05) is 0 Å². The van der Waals surface area contributed by atoms with Gasteiger partial charge < -0.3 is 9.90 Å². The molecule has 1 aliphatic heterocycles. The van der Waals surface area contributed by atoms with E-state index in [9.17, 15) is 19.5 Å². The summed E-state index contributed by atoms with van der Waals surface area (Å²) in [6, 6.07) is 0. The van der Waals surface area contributed by atoms with E-state index < -0.39 is 17.8 Å². The molecule has 5 nitrogen and oxygen atoms in total. The molecule has 2 amide bonds. The molecule has 0 radical (unpaired) electrons. The zero-order valence-corrected chi connectivity index (χ0v) is 9.15. The first-order valence-electron chi connectivity index (χ1n) is 3.34. The van der Waals surface area contributed by atoms with Gasteiger partial charge in [0, 0.05) is 31.1 Å². The van der Waals surface area contributed by atoms with Gasteiger partial charge in [0.25, 0.3) is 11.8 Å². The van der Waals surface area contributed by atoms with E-state index >= 15 is 0 Å². The van der Waals surface area contributed by atoms with Crippen LogP contribution in [0.1, 0.15) is 6.42 Å². The Morgan fingerprint density at radius 2 is 1.77 bits per heavy atom. The SMILES string of the molecule is O=C([O-])CCN1C(=O)C=CC1=O.[Na+]. The largest absolute Gasteiger partial charge is 1.00 e. The average molecular weight is 191 g/mol. The summed E-state index contributed by atoms with van der Waals surface area (Å²) in [5, 5.41) is 9.99. The fourth-order valence-corrected chi connectivity index (χ4v) is 0.855. The van der Waals surface area contributed by atoms with E-state index in [4.69, 9.17) is 0 Å². The molecule has 0 aromatic rings. The molecule has 1 rings (SSSR count). The number of amides is 2. The fourth-order valence-electron chi connectivity index (χ4n) is 0.855. The molecule has 0 bridgehead atoms. The molecule has 64 valence electrons. The normalized spacial score (nSPS) is 14.6. The van der Waals surface area contributed by atoms with E-state index in [0.29, 0.717) is 0 Å². The Hall–Kier alpha value is -0.650. The van der Waals surface area contributed by atoms with Crippen molar-refractivity contribution >= 4 is 17.8 Å². The van der Waals surface area contributed by atoms with Crippen LogP contribution in [0.3, 0.4) is 0 Å². The van der Waals surface area contributed by atoms with E-state index in [-0.39, 0.29) is 42.5 Å². The van der Waals surface area contributed by atoms with Gasteiger partial charge in [0.1, 0.15) is 0 Å². The number of carboxylic acid groups (broad SMARTS) is 1. The van der Waals surface area contributed by atoms with Crippen molar-refractivity contribution < 1.29 is 49.0 Å². The predicted molar refractivity (Wildman–Crippen MR) is 35.5 cm³/mol. The first-order valence-corrected chi connectivity index (χ1v) is 3.34. The molecule has 0 fully saturated rings. The topological polar surface area (TPSA) is 77.5 Å². The summed E-state index contributed by atoms with van der Waals surface area (Å²) in [6.45, 7) is -0.118. The van der Waals surface area contributed by atoms with Crippen LogP contribution in [-0.4, -0.2) is 29.2 Å². The summed E-state index contributed by atoms with van der Waals surface area (Å²) in [5.74, 6) is -2.22. The molecule has 0 aromatic carbocycles. The molecule has 0 aromatic heterocycles. The minimum Gasteiger partial charge on any atom is -0.550 e. The van der Waals surface area contributed by atoms with Gasteiger partial charge in [-0.1, -0.05) is 0 Å². The zero-order chi connectivity index (χ0) is 9.14. The number of carboxylic acids is 1. The molecule has 13 heavy (non-hydrogen) atoms. The summed E-state index contributed by atoms with van der Waals surface area (Å²) in [5.41, 5.74) is 0. The number of rotatable bonds is 3. The standard InChI is InChI=1S/C7H7NO4.Na/c9-5-1-2-6(10)8(5)4-3-7(11)12;/h1-2H,3-4H2,(H,11,12);/q;+1/p-1. The monoisotopic (exact) mass is 191 g/mol. The Morgan fingerprint density at radius 1 is 1.31 bits per heavy atom. The number of hydrogen-bond acceptors (Lipinski definition) is 4. The molecular weight excluding hydrogens is 185 g/mol. The van der Waals surface area contributed by atoms with E-state index in [1.165, 1.54) is 0 Å². The number of imide groups is 1. The molecule has 0 saturated heterocycles. The Bertz CT molecular complexity index is 256. The summed E-state index contributed by atoms with van der Waals surface area (Å²) >= 11 is 0. The molecule has 0 saturated carbocycles. The van der Waals surface area contributed by atoms with Gasteiger partial charge >= 0.3 is 29.6 Å². The Kier molecular flexibility index (Phi) is 4.90. The number of hydrogen-bond donors (Lipinski definition) is 0. The molecular formula is C7H6NNaO4. The smallest absolute Gasteiger partial charge is 0.550 e. The second kappa shape index (κ2) is 5.16. The molecule has 1 aliphatic rings. The van der Waals surface area contributed by atoms with Crippen LogP contribution in [0, 0.1) is 0 Å². The van der Waals surface area contributed by atoms with E-state index in [2.05, 4.69) is 0 Å². The van der Waals surface area contributed by atoms with Gasteiger partial charge in [-0.15, -0.1) is 0 Å². The van der Waals surface area contributed by atoms with Crippen LogP contribution in [0.25, 0.3) is 0 Å². The quantitative estimate of drug-likeness (QED) is 0.331. The van der Waals surface area contributed by atoms with Crippen molar-refractivity contribution in [1.29, 1.82) is 0 Å². The molecule has 0 unspecified atom stereocenters. The average Bonchev–Trinajstić information content (AvgIpc) is 2.28. The van der Waals surface area contributed by atoms with Crippen LogP contribution >= 0.6 is 0 Å². The van der Waals surface area contributed by atoms with Crippen molar-refractivity contribution in [3.63, 3.8) is 0 Å². The molecule has 0 N–H and O–H groups in total. The van der Waals surface area contributed by atoms with Gasteiger partial charge in [-0.2, -0.15) is 0 Å². The van der Waals surface area contributed by atoms with Crippen molar-refractivity contribution in [1.82, 2.24) is 4.90 Å². The molecule has 1 heterocycles. The minimum absolute atomic E-state index is 0. The first-order chi connectivity index (χ1) is 5.61. The van der Waals surface area contributed by atoms with Gasteiger partial charge in [-0.25, -0.2) is 0 Å². The minimum atomic E-state index is -1.28. The van der Waals surface area contributed by atoms with Crippen molar-refractivity contribution in [3.8, 4) is 0 Å². The number of nitrogens with zero attached hydrogens (tertiary/aromatic N) is 1. The number of carbonyl (C=O) groups excluding carboxylic acids is 3. The van der Waals surface area contributed by atoms with Crippen LogP contribution in [0.15, 0.2) is 12.2 Å². The third-order valence-corrected chi connectivity index (χ3v) is 1.44. The third-order valence-electron chi connectivity index (χ3n) is 1.44. The fraction of sp³-hybridized carbons (Fsp3) is 0.286. The van der Waals surface area contributed by atoms with Gasteiger partial charge in [0.2, 0.25) is 0 Å². The van der Waals surface area contributed by atoms with Gasteiger partial charge in [-0.05, 0) is 0 Å². The summed E-state index contributed by atoms with van der Waals surface area (Å²) in [4.78, 5) is 32.4. The number of carbonyl (C=O) groups is 3. The van der Waals surface area contributed by atoms with Crippen LogP contribution in [-0.2, 0) is 14.4 Å². The zero-order valence-electron chi connectivity index (χ0n) is 7.15. The summed E-state index contributed by atoms with van der Waals surface area (Å²) < 4.78 is 0. The van der Waals surface area contributed by atoms with Crippen LogP contribution in [0.5, 0.6) is 0 Å². The Balaban J connectivity index is 0.00000144.